The van der Waals surface area contributed by atoms with Crippen molar-refractivity contribution in [1.29, 1.82) is 0 Å². The highest BCUT2D eigenvalue weighted by Crippen LogP contribution is 2.35. The van der Waals surface area contributed by atoms with Crippen LogP contribution in [0.15, 0.2) is 18.2 Å². The third-order valence-corrected chi connectivity index (χ3v) is 2.67. The number of para-hydroxylation sites is 1. The van der Waals surface area contributed by atoms with Gasteiger partial charge in [-0.25, -0.2) is 0 Å². The van der Waals surface area contributed by atoms with Crippen LogP contribution in [0.5, 0.6) is 5.75 Å². The minimum Gasteiger partial charge on any atom is -0.490 e. The van der Waals surface area contributed by atoms with E-state index in [1.54, 1.807) is 0 Å². The van der Waals surface area contributed by atoms with E-state index in [1.165, 1.54) is 18.4 Å². The van der Waals surface area contributed by atoms with Crippen molar-refractivity contribution in [3.8, 4) is 5.75 Å². The van der Waals surface area contributed by atoms with Crippen molar-refractivity contribution in [3.63, 3.8) is 0 Å². The number of aryl methyl sites for hydroxylation is 1. The van der Waals surface area contributed by atoms with Gasteiger partial charge in [-0.05, 0) is 18.4 Å². The van der Waals surface area contributed by atoms with Gasteiger partial charge in [0.1, 0.15) is 18.5 Å². The SMILES string of the molecule is CCCCc1cccc2c1OCC2O. The van der Waals surface area contributed by atoms with Gasteiger partial charge in [-0.3, -0.25) is 0 Å². The Morgan fingerprint density at radius 1 is 1.50 bits per heavy atom. The molecule has 0 saturated carbocycles. The maximum Gasteiger partial charge on any atom is 0.128 e. The zero-order valence-electron chi connectivity index (χ0n) is 8.49. The fourth-order valence-corrected chi connectivity index (χ4v) is 1.86. The van der Waals surface area contributed by atoms with Crippen LogP contribution in [0.4, 0.5) is 0 Å². The Balaban J connectivity index is 2.25. The van der Waals surface area contributed by atoms with Crippen molar-refractivity contribution in [3.05, 3.63) is 29.3 Å². The van der Waals surface area contributed by atoms with Gasteiger partial charge in [-0.15, -0.1) is 0 Å². The number of unbranched alkanes of at least 4 members (excludes halogenated alkanes) is 1. The van der Waals surface area contributed by atoms with Crippen molar-refractivity contribution in [1.82, 2.24) is 0 Å². The topological polar surface area (TPSA) is 29.5 Å². The van der Waals surface area contributed by atoms with Gasteiger partial charge < -0.3 is 9.84 Å². The lowest BCUT2D eigenvalue weighted by Crippen LogP contribution is -1.97. The average Bonchev–Trinajstić information content (AvgIpc) is 2.58. The number of ether oxygens (including phenoxy) is 1. The fraction of sp³-hybridized carbons (Fsp3) is 0.500. The minimum absolute atomic E-state index is 0.415. The molecule has 76 valence electrons. The molecule has 0 aromatic heterocycles. The number of hydrogen-bond acceptors (Lipinski definition) is 2. The lowest BCUT2D eigenvalue weighted by Gasteiger charge is -2.06. The molecule has 2 rings (SSSR count). The normalized spacial score (nSPS) is 19.1. The molecule has 1 aromatic rings. The first kappa shape index (κ1) is 9.53. The lowest BCUT2D eigenvalue weighted by atomic mass is 10.0. The molecule has 0 spiro atoms. The van der Waals surface area contributed by atoms with E-state index in [1.807, 2.05) is 12.1 Å². The number of aliphatic hydroxyl groups excluding tert-OH is 1. The van der Waals surface area contributed by atoms with E-state index in [4.69, 9.17) is 4.74 Å². The van der Waals surface area contributed by atoms with Gasteiger partial charge in [0.2, 0.25) is 0 Å². The molecular formula is C12H16O2. The summed E-state index contributed by atoms with van der Waals surface area (Å²) in [5.41, 5.74) is 2.19. The van der Waals surface area contributed by atoms with Crippen LogP contribution < -0.4 is 4.74 Å². The van der Waals surface area contributed by atoms with Crippen molar-refractivity contribution in [2.45, 2.75) is 32.3 Å². The third-order valence-electron chi connectivity index (χ3n) is 2.67. The predicted octanol–water partition coefficient (Wildman–Crippen LogP) is 2.46. The van der Waals surface area contributed by atoms with E-state index >= 15 is 0 Å². The van der Waals surface area contributed by atoms with Gasteiger partial charge in [0.05, 0.1) is 0 Å². The number of benzene rings is 1. The minimum atomic E-state index is -0.424. The van der Waals surface area contributed by atoms with Crippen LogP contribution >= 0.6 is 0 Å². The molecule has 14 heavy (non-hydrogen) atoms. The first-order chi connectivity index (χ1) is 6.83. The molecule has 1 aliphatic heterocycles. The van der Waals surface area contributed by atoms with Gasteiger partial charge in [-0.1, -0.05) is 31.5 Å². The van der Waals surface area contributed by atoms with E-state index in [-0.39, 0.29) is 0 Å². The number of hydrogen-bond donors (Lipinski definition) is 1. The molecule has 1 heterocycles. The van der Waals surface area contributed by atoms with Gasteiger partial charge in [0.15, 0.2) is 0 Å². The smallest absolute Gasteiger partial charge is 0.128 e. The van der Waals surface area contributed by atoms with Crippen molar-refractivity contribution in [2.75, 3.05) is 6.61 Å². The summed E-state index contributed by atoms with van der Waals surface area (Å²) in [6.07, 6.45) is 2.99. The van der Waals surface area contributed by atoms with Crippen LogP contribution in [0.1, 0.15) is 37.0 Å². The highest BCUT2D eigenvalue weighted by molar-refractivity contribution is 5.45. The van der Waals surface area contributed by atoms with E-state index < -0.39 is 6.10 Å². The molecule has 1 N–H and O–H groups in total. The van der Waals surface area contributed by atoms with Crippen molar-refractivity contribution >= 4 is 0 Å². The number of fused-ring (bicyclic) bond motifs is 1. The van der Waals surface area contributed by atoms with E-state index in [9.17, 15) is 5.11 Å². The molecule has 0 aliphatic carbocycles. The summed E-state index contributed by atoms with van der Waals surface area (Å²) in [6.45, 7) is 2.59. The molecule has 0 amide bonds. The maximum absolute atomic E-state index is 9.61. The first-order valence-corrected chi connectivity index (χ1v) is 5.25. The quantitative estimate of drug-likeness (QED) is 0.797. The second kappa shape index (κ2) is 4.01. The summed E-state index contributed by atoms with van der Waals surface area (Å²) < 4.78 is 5.49. The van der Waals surface area contributed by atoms with Gasteiger partial charge >= 0.3 is 0 Å². The van der Waals surface area contributed by atoms with Crippen LogP contribution in [0.2, 0.25) is 0 Å². The molecular weight excluding hydrogens is 176 g/mol. The van der Waals surface area contributed by atoms with Crippen LogP contribution in [0, 0.1) is 0 Å². The van der Waals surface area contributed by atoms with E-state index in [0.717, 1.165) is 17.7 Å². The van der Waals surface area contributed by atoms with E-state index in [0.29, 0.717) is 6.61 Å². The molecule has 1 aromatic carbocycles. The molecule has 2 nitrogen and oxygen atoms in total. The van der Waals surface area contributed by atoms with Crippen molar-refractivity contribution < 1.29 is 9.84 Å². The largest absolute Gasteiger partial charge is 0.490 e. The standard InChI is InChI=1S/C12H16O2/c1-2-3-5-9-6-4-7-10-11(13)8-14-12(9)10/h4,6-7,11,13H,2-3,5,8H2,1H3. The molecule has 2 heteroatoms. The fourth-order valence-electron chi connectivity index (χ4n) is 1.86. The zero-order valence-corrected chi connectivity index (χ0v) is 8.49. The molecule has 0 radical (unpaired) electrons. The summed E-state index contributed by atoms with van der Waals surface area (Å²) in [7, 11) is 0. The molecule has 0 fully saturated rings. The van der Waals surface area contributed by atoms with Crippen LogP contribution in [-0.2, 0) is 6.42 Å². The molecule has 0 saturated heterocycles. The lowest BCUT2D eigenvalue weighted by molar-refractivity contribution is 0.140. The first-order valence-electron chi connectivity index (χ1n) is 5.25. The Labute approximate surface area is 84.5 Å². The summed E-state index contributed by atoms with van der Waals surface area (Å²) in [5, 5.41) is 9.61. The summed E-state index contributed by atoms with van der Waals surface area (Å²) >= 11 is 0. The summed E-state index contributed by atoms with van der Waals surface area (Å²) in [4.78, 5) is 0. The Morgan fingerprint density at radius 2 is 2.36 bits per heavy atom. The third kappa shape index (κ3) is 1.62. The summed E-state index contributed by atoms with van der Waals surface area (Å²) in [5.74, 6) is 0.924. The van der Waals surface area contributed by atoms with Gasteiger partial charge in [0, 0.05) is 5.56 Å². The van der Waals surface area contributed by atoms with Crippen LogP contribution in [0.3, 0.4) is 0 Å². The second-order valence-electron chi connectivity index (χ2n) is 3.77. The molecule has 1 unspecified atom stereocenters. The van der Waals surface area contributed by atoms with Gasteiger partial charge in [0.25, 0.3) is 0 Å². The number of aliphatic hydroxyl groups is 1. The zero-order chi connectivity index (χ0) is 9.97. The summed E-state index contributed by atoms with van der Waals surface area (Å²) in [6, 6.07) is 6.04. The predicted molar refractivity (Wildman–Crippen MR) is 55.5 cm³/mol. The maximum atomic E-state index is 9.61. The highest BCUT2D eigenvalue weighted by atomic mass is 16.5. The highest BCUT2D eigenvalue weighted by Gasteiger charge is 2.23. The monoisotopic (exact) mass is 192 g/mol. The van der Waals surface area contributed by atoms with E-state index in [2.05, 4.69) is 13.0 Å². The number of rotatable bonds is 3. The Kier molecular flexibility index (Phi) is 2.73. The van der Waals surface area contributed by atoms with Crippen LogP contribution in [-0.4, -0.2) is 11.7 Å². The Bertz CT molecular complexity index is 320. The van der Waals surface area contributed by atoms with Gasteiger partial charge in [-0.2, -0.15) is 0 Å². The average molecular weight is 192 g/mol. The molecule has 0 bridgehead atoms. The molecule has 1 atom stereocenters. The van der Waals surface area contributed by atoms with Crippen molar-refractivity contribution in [2.24, 2.45) is 0 Å². The molecule has 1 aliphatic rings. The Morgan fingerprint density at radius 3 is 3.14 bits per heavy atom. The Hall–Kier alpha value is -1.02. The second-order valence-corrected chi connectivity index (χ2v) is 3.77. The van der Waals surface area contributed by atoms with Crippen LogP contribution in [0.25, 0.3) is 0 Å².